The number of amides is 2. The Morgan fingerprint density at radius 1 is 1.10 bits per heavy atom. The molecule has 2 fully saturated rings. The second-order valence-corrected chi connectivity index (χ2v) is 11.4. The van der Waals surface area contributed by atoms with Crippen molar-refractivity contribution in [1.29, 1.82) is 0 Å². The molecule has 5 rings (SSSR count). The van der Waals surface area contributed by atoms with Gasteiger partial charge in [0.25, 0.3) is 0 Å². The summed E-state index contributed by atoms with van der Waals surface area (Å²) in [5, 5.41) is 20.9. The lowest BCUT2D eigenvalue weighted by Gasteiger charge is -2.43. The summed E-state index contributed by atoms with van der Waals surface area (Å²) in [6.07, 6.45) is 6.02. The smallest absolute Gasteiger partial charge is 0.455 e. The quantitative estimate of drug-likeness (QED) is 0.262. The second-order valence-electron chi connectivity index (χ2n) is 11.4. The van der Waals surface area contributed by atoms with Gasteiger partial charge in [0.05, 0.1) is 23.6 Å². The van der Waals surface area contributed by atoms with E-state index in [1.807, 2.05) is 56.3 Å². The highest BCUT2D eigenvalue weighted by Crippen LogP contribution is 2.52. The molecule has 0 radical (unpaired) electrons. The van der Waals surface area contributed by atoms with Crippen LogP contribution in [0.2, 0.25) is 6.32 Å². The second kappa shape index (κ2) is 11.1. The van der Waals surface area contributed by atoms with Gasteiger partial charge in [-0.3, -0.25) is 14.5 Å². The van der Waals surface area contributed by atoms with Crippen LogP contribution in [-0.4, -0.2) is 35.2 Å². The van der Waals surface area contributed by atoms with Gasteiger partial charge in [-0.1, -0.05) is 48.8 Å². The van der Waals surface area contributed by atoms with Crippen LogP contribution in [0.15, 0.2) is 59.2 Å². The Morgan fingerprint density at radius 3 is 2.46 bits per heavy atom. The minimum absolute atomic E-state index is 0.125. The third-order valence-corrected chi connectivity index (χ3v) is 8.60. The molecule has 1 aliphatic carbocycles. The highest BCUT2D eigenvalue weighted by Gasteiger charge is 2.57. The lowest BCUT2D eigenvalue weighted by atomic mass is 9.58. The fraction of sp³-hybridized carbons (Fsp3) is 0.438. The molecule has 3 aliphatic rings. The molecule has 6 nitrogen and oxygen atoms in total. The van der Waals surface area contributed by atoms with Crippen molar-refractivity contribution in [2.75, 3.05) is 4.90 Å². The van der Waals surface area contributed by atoms with Crippen molar-refractivity contribution in [3.63, 3.8) is 0 Å². The number of benzene rings is 2. The normalized spacial score (nSPS) is 25.3. The van der Waals surface area contributed by atoms with Gasteiger partial charge in [0.2, 0.25) is 11.8 Å². The molecule has 0 bridgehead atoms. The van der Waals surface area contributed by atoms with Crippen LogP contribution >= 0.6 is 0 Å². The number of para-hydroxylation sites is 1. The summed E-state index contributed by atoms with van der Waals surface area (Å²) in [4.78, 5) is 28.7. The number of phenols is 1. The summed E-state index contributed by atoms with van der Waals surface area (Å²) in [7, 11) is -0.967. The third-order valence-electron chi connectivity index (χ3n) is 8.60. The van der Waals surface area contributed by atoms with E-state index in [1.54, 1.807) is 0 Å². The van der Waals surface area contributed by atoms with Gasteiger partial charge in [-0.25, -0.2) is 0 Å². The van der Waals surface area contributed by atoms with E-state index >= 15 is 0 Å². The molecule has 4 atom stereocenters. The number of aromatic hydroxyl groups is 1. The molecule has 0 unspecified atom stereocenters. The summed E-state index contributed by atoms with van der Waals surface area (Å²) in [5.74, 6) is -1.00. The third kappa shape index (κ3) is 5.22. The SMILES string of the molecule is CCCC1=C2[C@@H](CC/C(C)=C/c3cc(C)c(O)c(C)c3)OB(O)C[C@@H]2[C@@H]2C(=O)N(c3ccccc3)C(=O)[C@@H]2C1. The van der Waals surface area contributed by atoms with Crippen molar-refractivity contribution in [1.82, 2.24) is 0 Å². The molecular weight excluding hydrogens is 489 g/mol. The van der Waals surface area contributed by atoms with Crippen molar-refractivity contribution in [2.45, 2.75) is 72.2 Å². The van der Waals surface area contributed by atoms with E-state index in [0.717, 1.165) is 41.5 Å². The summed E-state index contributed by atoms with van der Waals surface area (Å²) in [6, 6.07) is 13.1. The van der Waals surface area contributed by atoms with Gasteiger partial charge in [0, 0.05) is 0 Å². The Labute approximate surface area is 231 Å². The molecule has 7 heteroatoms. The Bertz CT molecular complexity index is 1310. The van der Waals surface area contributed by atoms with Crippen molar-refractivity contribution in [3.05, 3.63) is 75.9 Å². The van der Waals surface area contributed by atoms with E-state index < -0.39 is 13.0 Å². The predicted molar refractivity (Wildman–Crippen MR) is 154 cm³/mol. The van der Waals surface area contributed by atoms with Crippen LogP contribution in [0, 0.1) is 31.6 Å². The number of anilines is 1. The number of fused-ring (bicyclic) bond motifs is 3. The molecular formula is C32H38BNO5. The largest absolute Gasteiger partial charge is 0.507 e. The number of hydrogen-bond donors (Lipinski definition) is 2. The number of carbonyl (C=O) groups excluding carboxylic acids is 2. The lowest BCUT2D eigenvalue weighted by molar-refractivity contribution is -0.122. The molecule has 0 aromatic heterocycles. The molecule has 2 aromatic carbocycles. The van der Waals surface area contributed by atoms with Crippen LogP contribution in [-0.2, 0) is 14.2 Å². The fourth-order valence-electron chi connectivity index (χ4n) is 6.92. The van der Waals surface area contributed by atoms with Crippen molar-refractivity contribution in [2.24, 2.45) is 17.8 Å². The zero-order valence-electron chi connectivity index (χ0n) is 23.3. The van der Waals surface area contributed by atoms with Crippen molar-refractivity contribution < 1.29 is 24.4 Å². The summed E-state index contributed by atoms with van der Waals surface area (Å²) >= 11 is 0. The standard InChI is InChI=1S/C32H38BNO5/c1-5-9-23-17-25-29(32(37)34(31(25)36)24-10-7-6-8-11-24)26-18-33(38)39-27(28(23)26)13-12-19(2)14-22-15-20(3)30(35)21(4)16-22/h6-8,10-11,14-16,25-27,29,35,38H,5,9,12-13,17-18H2,1-4H3/b19-14+/t25-,26+,27-,29-/m1/s1. The molecule has 0 spiro atoms. The van der Waals surface area contributed by atoms with Gasteiger partial charge in [-0.05, 0) is 105 Å². The Hall–Kier alpha value is -3.16. The maximum Gasteiger partial charge on any atom is 0.455 e. The van der Waals surface area contributed by atoms with Crippen LogP contribution < -0.4 is 4.90 Å². The fourth-order valence-corrected chi connectivity index (χ4v) is 6.92. The van der Waals surface area contributed by atoms with Gasteiger partial charge in [-0.2, -0.15) is 0 Å². The number of rotatable bonds is 7. The molecule has 204 valence electrons. The number of imide groups is 1. The number of carbonyl (C=O) groups is 2. The van der Waals surface area contributed by atoms with Gasteiger partial charge in [-0.15, -0.1) is 0 Å². The molecule has 0 saturated carbocycles. The van der Waals surface area contributed by atoms with Crippen LogP contribution in [0.5, 0.6) is 5.75 Å². The summed E-state index contributed by atoms with van der Waals surface area (Å²) in [6.45, 7) is 8.02. The van der Waals surface area contributed by atoms with Gasteiger partial charge < -0.3 is 14.8 Å². The van der Waals surface area contributed by atoms with Gasteiger partial charge in [0.1, 0.15) is 5.75 Å². The van der Waals surface area contributed by atoms with E-state index in [0.29, 0.717) is 30.6 Å². The average Bonchev–Trinajstić information content (AvgIpc) is 3.15. The summed E-state index contributed by atoms with van der Waals surface area (Å²) < 4.78 is 6.14. The summed E-state index contributed by atoms with van der Waals surface area (Å²) in [5.41, 5.74) is 6.90. The first kappa shape index (κ1) is 27.4. The van der Waals surface area contributed by atoms with Crippen LogP contribution in [0.4, 0.5) is 5.69 Å². The highest BCUT2D eigenvalue weighted by atomic mass is 16.5. The molecule has 2 aliphatic heterocycles. The topological polar surface area (TPSA) is 87.1 Å². The minimum Gasteiger partial charge on any atom is -0.507 e. The Balaban J connectivity index is 1.42. The number of aryl methyl sites for hydroxylation is 2. The van der Waals surface area contributed by atoms with Crippen LogP contribution in [0.3, 0.4) is 0 Å². The zero-order valence-corrected chi connectivity index (χ0v) is 23.3. The van der Waals surface area contributed by atoms with Crippen LogP contribution in [0.25, 0.3) is 6.08 Å². The lowest BCUT2D eigenvalue weighted by Crippen LogP contribution is -2.46. The maximum absolute atomic E-state index is 13.8. The first-order valence-corrected chi connectivity index (χ1v) is 14.1. The molecule has 2 N–H and O–H groups in total. The number of nitrogens with zero attached hydrogens (tertiary/aromatic N) is 1. The van der Waals surface area contributed by atoms with E-state index in [2.05, 4.69) is 19.9 Å². The van der Waals surface area contributed by atoms with E-state index in [4.69, 9.17) is 4.65 Å². The maximum atomic E-state index is 13.8. The molecule has 2 saturated heterocycles. The van der Waals surface area contributed by atoms with E-state index in [9.17, 15) is 19.7 Å². The first-order valence-electron chi connectivity index (χ1n) is 14.1. The van der Waals surface area contributed by atoms with Gasteiger partial charge >= 0.3 is 7.12 Å². The average molecular weight is 527 g/mol. The number of allylic oxidation sites excluding steroid dienone is 2. The number of hydrogen-bond acceptors (Lipinski definition) is 5. The first-order chi connectivity index (χ1) is 18.7. The predicted octanol–water partition coefficient (Wildman–Crippen LogP) is 5.99. The monoisotopic (exact) mass is 527 g/mol. The molecule has 2 aromatic rings. The van der Waals surface area contributed by atoms with Crippen molar-refractivity contribution in [3.8, 4) is 5.75 Å². The Kier molecular flexibility index (Phi) is 7.83. The Morgan fingerprint density at radius 2 is 1.79 bits per heavy atom. The number of phenolic OH excluding ortho intramolecular Hbond substituents is 1. The van der Waals surface area contributed by atoms with Gasteiger partial charge in [0.15, 0.2) is 0 Å². The zero-order chi connectivity index (χ0) is 27.8. The molecule has 2 amide bonds. The van der Waals surface area contributed by atoms with Crippen molar-refractivity contribution >= 4 is 30.7 Å². The van der Waals surface area contributed by atoms with E-state index in [-0.39, 0.29) is 29.8 Å². The molecule has 39 heavy (non-hydrogen) atoms. The minimum atomic E-state index is -0.967. The van der Waals surface area contributed by atoms with E-state index in [1.165, 1.54) is 16.0 Å². The molecule has 2 heterocycles. The highest BCUT2D eigenvalue weighted by molar-refractivity contribution is 6.43. The van der Waals surface area contributed by atoms with Crippen LogP contribution in [0.1, 0.15) is 62.6 Å².